The smallest absolute Gasteiger partial charge is 0.193 e. The molecule has 1 saturated heterocycles. The molecular formula is C15H14N2O2. The van der Waals surface area contributed by atoms with Crippen LogP contribution in [-0.4, -0.2) is 23.0 Å². The molecule has 0 aliphatic carbocycles. The molecular weight excluding hydrogens is 240 g/mol. The number of H-pyrrole nitrogens is 1. The van der Waals surface area contributed by atoms with Crippen LogP contribution in [0.3, 0.4) is 0 Å². The van der Waals surface area contributed by atoms with Crippen molar-refractivity contribution in [2.75, 3.05) is 0 Å². The van der Waals surface area contributed by atoms with E-state index in [0.717, 1.165) is 23.7 Å². The Labute approximate surface area is 111 Å². The van der Waals surface area contributed by atoms with Gasteiger partial charge in [0, 0.05) is 22.7 Å². The predicted molar refractivity (Wildman–Crippen MR) is 70.9 cm³/mol. The van der Waals surface area contributed by atoms with Crippen molar-refractivity contribution in [1.29, 1.82) is 5.26 Å². The van der Waals surface area contributed by atoms with Crippen molar-refractivity contribution in [2.24, 2.45) is 0 Å². The topological polar surface area (TPSA) is 65.9 Å². The minimum atomic E-state index is -0.329. The summed E-state index contributed by atoms with van der Waals surface area (Å²) in [5, 5.41) is 9.72. The second-order valence-corrected chi connectivity index (χ2v) is 4.95. The molecule has 0 spiro atoms. The molecule has 2 aromatic rings. The number of Topliss-reactive ketones (excluding diaryl/α,β-unsaturated/α-hetero) is 1. The van der Waals surface area contributed by atoms with Gasteiger partial charge in [0.25, 0.3) is 0 Å². The first-order chi connectivity index (χ1) is 9.19. The van der Waals surface area contributed by atoms with Gasteiger partial charge in [-0.2, -0.15) is 5.26 Å². The number of ether oxygens (including phenoxy) is 1. The normalized spacial score (nSPS) is 22.5. The molecule has 0 bridgehead atoms. The molecule has 0 saturated carbocycles. The number of hydrogen-bond acceptors (Lipinski definition) is 3. The molecule has 1 aliphatic heterocycles. The zero-order valence-corrected chi connectivity index (χ0v) is 10.6. The van der Waals surface area contributed by atoms with Gasteiger partial charge in [-0.1, -0.05) is 6.07 Å². The van der Waals surface area contributed by atoms with Crippen molar-refractivity contribution >= 4 is 16.7 Å². The largest absolute Gasteiger partial charge is 0.367 e. The minimum absolute atomic E-state index is 0.0281. The average Bonchev–Trinajstić information content (AvgIpc) is 3.03. The third-order valence-electron chi connectivity index (χ3n) is 3.60. The number of nitrogens with zero attached hydrogens (tertiary/aromatic N) is 1. The first-order valence-electron chi connectivity index (χ1n) is 6.40. The number of benzene rings is 1. The van der Waals surface area contributed by atoms with Crippen LogP contribution in [0, 0.1) is 11.3 Å². The number of ketones is 1. The zero-order chi connectivity index (χ0) is 13.4. The van der Waals surface area contributed by atoms with E-state index >= 15 is 0 Å². The average molecular weight is 254 g/mol. The van der Waals surface area contributed by atoms with Crippen molar-refractivity contribution in [2.45, 2.75) is 32.0 Å². The highest BCUT2D eigenvalue weighted by Gasteiger charge is 2.30. The lowest BCUT2D eigenvalue weighted by atomic mass is 10.0. The number of fused-ring (bicyclic) bond motifs is 1. The molecule has 1 aliphatic rings. The summed E-state index contributed by atoms with van der Waals surface area (Å²) in [7, 11) is 0. The van der Waals surface area contributed by atoms with E-state index in [1.165, 1.54) is 0 Å². The lowest BCUT2D eigenvalue weighted by molar-refractivity contribution is 0.0435. The highest BCUT2D eigenvalue weighted by molar-refractivity contribution is 6.10. The minimum Gasteiger partial charge on any atom is -0.367 e. The van der Waals surface area contributed by atoms with Crippen LogP contribution >= 0.6 is 0 Å². The molecule has 3 rings (SSSR count). The predicted octanol–water partition coefficient (Wildman–Crippen LogP) is 2.79. The van der Waals surface area contributed by atoms with Gasteiger partial charge in [-0.3, -0.25) is 4.79 Å². The maximum atomic E-state index is 12.4. The van der Waals surface area contributed by atoms with Crippen molar-refractivity contribution in [3.63, 3.8) is 0 Å². The van der Waals surface area contributed by atoms with Gasteiger partial charge < -0.3 is 9.72 Å². The Morgan fingerprint density at radius 2 is 2.32 bits per heavy atom. The third-order valence-corrected chi connectivity index (χ3v) is 3.60. The van der Waals surface area contributed by atoms with Gasteiger partial charge >= 0.3 is 0 Å². The van der Waals surface area contributed by atoms with E-state index in [9.17, 15) is 4.79 Å². The van der Waals surface area contributed by atoms with Crippen molar-refractivity contribution in [3.8, 4) is 6.07 Å². The Morgan fingerprint density at radius 3 is 3.00 bits per heavy atom. The van der Waals surface area contributed by atoms with Crippen LogP contribution in [0.2, 0.25) is 0 Å². The summed E-state index contributed by atoms with van der Waals surface area (Å²) in [6.45, 7) is 1.99. The fraction of sp³-hybridized carbons (Fsp3) is 0.333. The molecule has 2 heterocycles. The van der Waals surface area contributed by atoms with Crippen molar-refractivity contribution in [1.82, 2.24) is 4.98 Å². The van der Waals surface area contributed by atoms with Crippen LogP contribution in [-0.2, 0) is 4.74 Å². The maximum absolute atomic E-state index is 12.4. The van der Waals surface area contributed by atoms with E-state index in [0.29, 0.717) is 11.1 Å². The van der Waals surface area contributed by atoms with E-state index in [1.54, 1.807) is 18.3 Å². The zero-order valence-electron chi connectivity index (χ0n) is 10.6. The Kier molecular flexibility index (Phi) is 2.84. The van der Waals surface area contributed by atoms with Crippen molar-refractivity contribution < 1.29 is 9.53 Å². The molecule has 2 unspecified atom stereocenters. The second-order valence-electron chi connectivity index (χ2n) is 4.95. The summed E-state index contributed by atoms with van der Waals surface area (Å²) >= 11 is 0. The van der Waals surface area contributed by atoms with Gasteiger partial charge in [0.05, 0.1) is 17.7 Å². The van der Waals surface area contributed by atoms with E-state index in [-0.39, 0.29) is 18.0 Å². The molecule has 1 N–H and O–H groups in total. The monoisotopic (exact) mass is 254 g/mol. The molecule has 0 amide bonds. The Balaban J connectivity index is 1.97. The molecule has 4 heteroatoms. The number of aromatic nitrogens is 1. The highest BCUT2D eigenvalue weighted by atomic mass is 16.5. The first kappa shape index (κ1) is 11.9. The molecule has 19 heavy (non-hydrogen) atoms. The number of carbonyl (C=O) groups is 1. The maximum Gasteiger partial charge on any atom is 0.193 e. The Morgan fingerprint density at radius 1 is 1.47 bits per heavy atom. The lowest BCUT2D eigenvalue weighted by Crippen LogP contribution is -2.20. The van der Waals surface area contributed by atoms with E-state index < -0.39 is 0 Å². The lowest BCUT2D eigenvalue weighted by Gasteiger charge is -2.09. The highest BCUT2D eigenvalue weighted by Crippen LogP contribution is 2.26. The first-order valence-corrected chi connectivity index (χ1v) is 6.40. The van der Waals surface area contributed by atoms with Gasteiger partial charge in [0.15, 0.2) is 5.78 Å². The number of rotatable bonds is 2. The third kappa shape index (κ3) is 2.02. The summed E-state index contributed by atoms with van der Waals surface area (Å²) < 4.78 is 5.62. The Hall–Kier alpha value is -2.12. The van der Waals surface area contributed by atoms with Crippen molar-refractivity contribution in [3.05, 3.63) is 35.5 Å². The number of aromatic amines is 1. The number of hydrogen-bond donors (Lipinski definition) is 1. The quantitative estimate of drug-likeness (QED) is 0.838. The van der Waals surface area contributed by atoms with Crippen LogP contribution < -0.4 is 0 Å². The van der Waals surface area contributed by atoms with Crippen LogP contribution in [0.5, 0.6) is 0 Å². The fourth-order valence-electron chi connectivity index (χ4n) is 2.57. The standard InChI is InChI=1S/C15H14N2O2/c1-9-2-5-14(19-9)15(18)12-8-17-13-6-10(7-16)3-4-11(12)13/h3-4,6,8-9,14,17H,2,5H2,1H3. The molecule has 96 valence electrons. The summed E-state index contributed by atoms with van der Waals surface area (Å²) in [6, 6.07) is 7.39. The second kappa shape index (κ2) is 4.52. The molecule has 4 nitrogen and oxygen atoms in total. The van der Waals surface area contributed by atoms with Crippen LogP contribution in [0.25, 0.3) is 10.9 Å². The van der Waals surface area contributed by atoms with Gasteiger partial charge in [-0.15, -0.1) is 0 Å². The molecule has 1 aromatic heterocycles. The number of carbonyl (C=O) groups excluding carboxylic acids is 1. The van der Waals surface area contributed by atoms with E-state index in [1.807, 2.05) is 13.0 Å². The Bertz CT molecular complexity index is 681. The van der Waals surface area contributed by atoms with Crippen LogP contribution in [0.15, 0.2) is 24.4 Å². The van der Waals surface area contributed by atoms with Gasteiger partial charge in [0.2, 0.25) is 0 Å². The summed E-state index contributed by atoms with van der Waals surface area (Å²) in [4.78, 5) is 15.5. The molecule has 0 radical (unpaired) electrons. The van der Waals surface area contributed by atoms with Gasteiger partial charge in [0.1, 0.15) is 6.10 Å². The molecule has 1 aromatic carbocycles. The van der Waals surface area contributed by atoms with E-state index in [4.69, 9.17) is 10.00 Å². The van der Waals surface area contributed by atoms with Crippen LogP contribution in [0.1, 0.15) is 35.7 Å². The number of nitrogens with one attached hydrogen (secondary N) is 1. The number of nitriles is 1. The van der Waals surface area contributed by atoms with Gasteiger partial charge in [-0.25, -0.2) is 0 Å². The van der Waals surface area contributed by atoms with Crippen LogP contribution in [0.4, 0.5) is 0 Å². The van der Waals surface area contributed by atoms with E-state index in [2.05, 4.69) is 11.1 Å². The molecule has 1 fully saturated rings. The summed E-state index contributed by atoms with van der Waals surface area (Å²) in [5.74, 6) is 0.0281. The fourth-order valence-corrected chi connectivity index (χ4v) is 2.57. The summed E-state index contributed by atoms with van der Waals surface area (Å²) in [5.41, 5.74) is 2.05. The molecule has 2 atom stereocenters. The SMILES string of the molecule is CC1CCC(C(=O)c2c[nH]c3cc(C#N)ccc23)O1. The van der Waals surface area contributed by atoms with Gasteiger partial charge in [-0.05, 0) is 31.9 Å². The summed E-state index contributed by atoms with van der Waals surface area (Å²) in [6.07, 6.45) is 3.25.